The van der Waals surface area contributed by atoms with E-state index in [9.17, 15) is 15.2 Å². The van der Waals surface area contributed by atoms with E-state index in [-0.39, 0.29) is 21.9 Å². The number of aromatic hydroxyl groups is 1. The van der Waals surface area contributed by atoms with Gasteiger partial charge in [-0.05, 0) is 23.8 Å². The lowest BCUT2D eigenvalue weighted by Gasteiger charge is -2.06. The topological polar surface area (TPSA) is 73.1 Å². The molecular weight excluding hydrogens is 380 g/mol. The zero-order chi connectivity index (χ0) is 16.8. The third kappa shape index (κ3) is 4.59. The molecule has 116 valence electrons. The number of hydrogen-bond acceptors (Lipinski definition) is 3. The van der Waals surface area contributed by atoms with E-state index in [2.05, 4.69) is 21.2 Å². The first-order valence-electron chi connectivity index (χ1n) is 6.63. The lowest BCUT2D eigenvalue weighted by molar-refractivity contribution is -0.117. The highest BCUT2D eigenvalue weighted by atomic mass is 79.9. The predicted molar refractivity (Wildman–Crippen MR) is 92.7 cm³/mol. The fourth-order valence-corrected chi connectivity index (χ4v) is 2.71. The molecule has 6 heteroatoms. The van der Waals surface area contributed by atoms with Crippen LogP contribution in [0.25, 0.3) is 6.08 Å². The Balaban J connectivity index is 2.19. The largest absolute Gasteiger partial charge is 0.506 e. The first-order chi connectivity index (χ1) is 11.0. The normalized spacial score (nSPS) is 10.9. The second-order valence-electron chi connectivity index (χ2n) is 4.66. The maximum Gasteiger partial charge on any atom is 0.262 e. The number of nitriles is 1. The lowest BCUT2D eigenvalue weighted by Crippen LogP contribution is -2.23. The van der Waals surface area contributed by atoms with Crippen LogP contribution in [0.1, 0.15) is 11.1 Å². The van der Waals surface area contributed by atoms with E-state index in [0.717, 1.165) is 5.56 Å². The standard InChI is InChI=1S/C17H12BrClN2O2/c18-14-7-12(16(22)15(19)8-14)6-13(9-20)17(23)21-10-11-4-2-1-3-5-11/h1-8,22H,10H2,(H,21,23)/b13-6+. The fourth-order valence-electron chi connectivity index (χ4n) is 1.87. The number of hydrogen-bond donors (Lipinski definition) is 2. The summed E-state index contributed by atoms with van der Waals surface area (Å²) in [5.74, 6) is -0.703. The minimum Gasteiger partial charge on any atom is -0.506 e. The Labute approximate surface area is 147 Å². The van der Waals surface area contributed by atoms with Crippen LogP contribution < -0.4 is 5.32 Å². The molecular formula is C17H12BrClN2O2. The Morgan fingerprint density at radius 3 is 2.70 bits per heavy atom. The summed E-state index contributed by atoms with van der Waals surface area (Å²) in [6, 6.07) is 14.3. The molecule has 2 N–H and O–H groups in total. The van der Waals surface area contributed by atoms with Gasteiger partial charge in [0.05, 0.1) is 5.02 Å². The minimum atomic E-state index is -0.521. The van der Waals surface area contributed by atoms with Gasteiger partial charge in [0.1, 0.15) is 17.4 Å². The van der Waals surface area contributed by atoms with Gasteiger partial charge in [0.15, 0.2) is 0 Å². The molecule has 2 rings (SSSR count). The molecule has 0 saturated carbocycles. The van der Waals surface area contributed by atoms with Gasteiger partial charge in [-0.3, -0.25) is 4.79 Å². The van der Waals surface area contributed by atoms with Crippen molar-refractivity contribution in [3.8, 4) is 11.8 Å². The minimum absolute atomic E-state index is 0.120. The Hall–Kier alpha value is -2.29. The second kappa shape index (κ2) is 7.82. The molecule has 1 amide bonds. The van der Waals surface area contributed by atoms with Crippen molar-refractivity contribution in [1.82, 2.24) is 5.32 Å². The zero-order valence-electron chi connectivity index (χ0n) is 11.9. The van der Waals surface area contributed by atoms with E-state index in [4.69, 9.17) is 11.6 Å². The molecule has 2 aromatic rings. The highest BCUT2D eigenvalue weighted by Crippen LogP contribution is 2.32. The molecule has 0 heterocycles. The number of phenols is 1. The molecule has 0 aliphatic heterocycles. The summed E-state index contributed by atoms with van der Waals surface area (Å²) < 4.78 is 0.633. The Bertz CT molecular complexity index is 798. The van der Waals surface area contributed by atoms with Crippen LogP contribution in [0.5, 0.6) is 5.75 Å². The van der Waals surface area contributed by atoms with Crippen molar-refractivity contribution in [2.75, 3.05) is 0 Å². The molecule has 0 bridgehead atoms. The highest BCUT2D eigenvalue weighted by molar-refractivity contribution is 9.10. The SMILES string of the molecule is N#C/C(=C\c1cc(Br)cc(Cl)c1O)C(=O)NCc1ccccc1. The molecule has 4 nitrogen and oxygen atoms in total. The molecule has 0 atom stereocenters. The van der Waals surface area contributed by atoms with Gasteiger partial charge in [-0.2, -0.15) is 5.26 Å². The monoisotopic (exact) mass is 390 g/mol. The van der Waals surface area contributed by atoms with E-state index < -0.39 is 5.91 Å². The number of halogens is 2. The lowest BCUT2D eigenvalue weighted by atomic mass is 10.1. The van der Waals surface area contributed by atoms with Gasteiger partial charge >= 0.3 is 0 Å². The van der Waals surface area contributed by atoms with E-state index >= 15 is 0 Å². The maximum absolute atomic E-state index is 12.1. The van der Waals surface area contributed by atoms with E-state index in [0.29, 0.717) is 11.0 Å². The fraction of sp³-hybridized carbons (Fsp3) is 0.0588. The number of nitrogens with one attached hydrogen (secondary N) is 1. The first-order valence-corrected chi connectivity index (χ1v) is 7.80. The van der Waals surface area contributed by atoms with Gasteiger partial charge in [0.2, 0.25) is 0 Å². The van der Waals surface area contributed by atoms with Crippen molar-refractivity contribution < 1.29 is 9.90 Å². The number of carbonyl (C=O) groups is 1. The van der Waals surface area contributed by atoms with Crippen molar-refractivity contribution in [2.24, 2.45) is 0 Å². The summed E-state index contributed by atoms with van der Waals surface area (Å²) in [6.07, 6.45) is 1.30. The molecule has 0 spiro atoms. The van der Waals surface area contributed by atoms with Crippen LogP contribution in [0.2, 0.25) is 5.02 Å². The van der Waals surface area contributed by atoms with E-state index in [1.807, 2.05) is 36.4 Å². The quantitative estimate of drug-likeness (QED) is 0.610. The molecule has 0 unspecified atom stereocenters. The van der Waals surface area contributed by atoms with Crippen molar-refractivity contribution in [2.45, 2.75) is 6.54 Å². The first kappa shape index (κ1) is 17.1. The summed E-state index contributed by atoms with van der Waals surface area (Å²) in [6.45, 7) is 0.309. The van der Waals surface area contributed by atoms with Crippen LogP contribution in [0.15, 0.2) is 52.5 Å². The summed E-state index contributed by atoms with van der Waals surface area (Å²) >= 11 is 9.12. The van der Waals surface area contributed by atoms with Gasteiger partial charge in [-0.1, -0.05) is 57.9 Å². The number of carbonyl (C=O) groups excluding carboxylic acids is 1. The number of phenolic OH excluding ortho intramolecular Hbond substituents is 1. The number of amides is 1. The number of benzene rings is 2. The molecule has 0 aliphatic carbocycles. The van der Waals surface area contributed by atoms with E-state index in [1.165, 1.54) is 12.1 Å². The van der Waals surface area contributed by atoms with Crippen molar-refractivity contribution >= 4 is 39.5 Å². The average molecular weight is 392 g/mol. The molecule has 0 saturated heterocycles. The van der Waals surface area contributed by atoms with Crippen LogP contribution >= 0.6 is 27.5 Å². The molecule has 0 aliphatic rings. The van der Waals surface area contributed by atoms with Crippen LogP contribution in [0.4, 0.5) is 0 Å². The molecule has 0 radical (unpaired) electrons. The molecule has 2 aromatic carbocycles. The van der Waals surface area contributed by atoms with Gasteiger partial charge in [0.25, 0.3) is 5.91 Å². The summed E-state index contributed by atoms with van der Waals surface area (Å²) in [7, 11) is 0. The summed E-state index contributed by atoms with van der Waals surface area (Å²) in [5.41, 5.74) is 1.09. The molecule has 0 aromatic heterocycles. The zero-order valence-corrected chi connectivity index (χ0v) is 14.2. The predicted octanol–water partition coefficient (Wildman–Crippen LogP) is 4.03. The third-order valence-electron chi connectivity index (χ3n) is 3.02. The number of nitrogens with zero attached hydrogens (tertiary/aromatic N) is 1. The van der Waals surface area contributed by atoms with Crippen molar-refractivity contribution in [1.29, 1.82) is 5.26 Å². The van der Waals surface area contributed by atoms with Gasteiger partial charge in [-0.15, -0.1) is 0 Å². The second-order valence-corrected chi connectivity index (χ2v) is 5.99. The van der Waals surface area contributed by atoms with Crippen LogP contribution in [-0.4, -0.2) is 11.0 Å². The Morgan fingerprint density at radius 1 is 1.35 bits per heavy atom. The van der Waals surface area contributed by atoms with Crippen molar-refractivity contribution in [3.05, 3.63) is 68.7 Å². The average Bonchev–Trinajstić information content (AvgIpc) is 2.55. The van der Waals surface area contributed by atoms with Gasteiger partial charge in [-0.25, -0.2) is 0 Å². The van der Waals surface area contributed by atoms with Crippen molar-refractivity contribution in [3.63, 3.8) is 0 Å². The van der Waals surface area contributed by atoms with E-state index in [1.54, 1.807) is 6.07 Å². The Kier molecular flexibility index (Phi) is 5.80. The highest BCUT2D eigenvalue weighted by Gasteiger charge is 2.12. The van der Waals surface area contributed by atoms with Gasteiger partial charge < -0.3 is 10.4 Å². The smallest absolute Gasteiger partial charge is 0.262 e. The number of rotatable bonds is 4. The molecule has 23 heavy (non-hydrogen) atoms. The van der Waals surface area contributed by atoms with Crippen LogP contribution in [0, 0.1) is 11.3 Å². The maximum atomic E-state index is 12.1. The van der Waals surface area contributed by atoms with Crippen LogP contribution in [0.3, 0.4) is 0 Å². The summed E-state index contributed by atoms with van der Waals surface area (Å²) in [4.78, 5) is 12.1. The van der Waals surface area contributed by atoms with Gasteiger partial charge in [0, 0.05) is 16.6 Å². The Morgan fingerprint density at radius 2 is 2.04 bits per heavy atom. The van der Waals surface area contributed by atoms with Crippen LogP contribution in [-0.2, 0) is 11.3 Å². The third-order valence-corrected chi connectivity index (χ3v) is 3.76. The summed E-state index contributed by atoms with van der Waals surface area (Å²) in [5, 5.41) is 21.9. The molecule has 0 fully saturated rings.